The maximum absolute atomic E-state index is 12.1. The van der Waals surface area contributed by atoms with Gasteiger partial charge in [0.1, 0.15) is 6.61 Å². The van der Waals surface area contributed by atoms with Crippen LogP contribution in [0.15, 0.2) is 35.7 Å². The predicted octanol–water partition coefficient (Wildman–Crippen LogP) is 3.68. The van der Waals surface area contributed by atoms with Crippen LogP contribution in [0.4, 0.5) is 0 Å². The van der Waals surface area contributed by atoms with Crippen LogP contribution < -0.4 is 14.8 Å². The number of hydrogen-bond acceptors (Lipinski definition) is 5. The Morgan fingerprint density at radius 1 is 1.27 bits per heavy atom. The fraction of sp³-hybridized carbons (Fsp3) is 0.450. The Balaban J connectivity index is 2.05. The molecule has 1 amide bonds. The van der Waals surface area contributed by atoms with E-state index in [0.29, 0.717) is 25.4 Å². The van der Waals surface area contributed by atoms with Gasteiger partial charge < -0.3 is 14.8 Å². The summed E-state index contributed by atoms with van der Waals surface area (Å²) in [4.78, 5) is 15.4. The molecule has 6 heteroatoms. The predicted molar refractivity (Wildman–Crippen MR) is 106 cm³/mol. The number of methoxy groups -OCH3 is 1. The van der Waals surface area contributed by atoms with Crippen LogP contribution in [0.5, 0.6) is 11.5 Å². The summed E-state index contributed by atoms with van der Waals surface area (Å²) < 4.78 is 11.4. The molecule has 142 valence electrons. The van der Waals surface area contributed by atoms with Crippen LogP contribution >= 0.6 is 11.3 Å². The molecular formula is C20H28N2O3S. The zero-order chi connectivity index (χ0) is 18.9. The molecule has 0 bridgehead atoms. The Hall–Kier alpha value is -2.05. The van der Waals surface area contributed by atoms with E-state index in [1.165, 1.54) is 4.88 Å². The quantitative estimate of drug-likeness (QED) is 0.687. The Kier molecular flexibility index (Phi) is 7.94. The summed E-state index contributed by atoms with van der Waals surface area (Å²) in [5.74, 6) is 1.49. The third kappa shape index (κ3) is 5.47. The molecule has 1 aromatic carbocycles. The number of likely N-dealkylation sites (N-methyl/N-ethyl adjacent to an activating group) is 2. The molecule has 5 nitrogen and oxygen atoms in total. The molecule has 1 heterocycles. The molecule has 0 unspecified atom stereocenters. The van der Waals surface area contributed by atoms with Gasteiger partial charge in [-0.2, -0.15) is 0 Å². The van der Waals surface area contributed by atoms with Crippen molar-refractivity contribution in [2.75, 3.05) is 20.2 Å². The summed E-state index contributed by atoms with van der Waals surface area (Å²) in [7, 11) is 1.64. The minimum Gasteiger partial charge on any atom is -0.493 e. The first-order valence-electron chi connectivity index (χ1n) is 8.92. The molecule has 1 atom stereocenters. The first-order chi connectivity index (χ1) is 12.6. The zero-order valence-corrected chi connectivity index (χ0v) is 16.8. The van der Waals surface area contributed by atoms with Crippen molar-refractivity contribution in [1.82, 2.24) is 10.2 Å². The molecule has 26 heavy (non-hydrogen) atoms. The molecule has 2 aromatic rings. The van der Waals surface area contributed by atoms with Gasteiger partial charge in [0, 0.05) is 18.0 Å². The van der Waals surface area contributed by atoms with Gasteiger partial charge in [-0.3, -0.25) is 9.69 Å². The first-order valence-corrected chi connectivity index (χ1v) is 9.80. The van der Waals surface area contributed by atoms with Gasteiger partial charge in [-0.15, -0.1) is 11.3 Å². The molecule has 2 rings (SSSR count). The van der Waals surface area contributed by atoms with E-state index >= 15 is 0 Å². The molecule has 0 saturated heterocycles. The maximum atomic E-state index is 12.1. The number of amides is 1. The molecule has 0 saturated carbocycles. The van der Waals surface area contributed by atoms with Crippen molar-refractivity contribution < 1.29 is 14.3 Å². The highest BCUT2D eigenvalue weighted by Crippen LogP contribution is 2.30. The van der Waals surface area contributed by atoms with Gasteiger partial charge in [0.25, 0.3) is 0 Å². The average molecular weight is 377 g/mol. The van der Waals surface area contributed by atoms with E-state index in [4.69, 9.17) is 9.47 Å². The van der Waals surface area contributed by atoms with E-state index < -0.39 is 0 Å². The van der Waals surface area contributed by atoms with Crippen LogP contribution in [0, 0.1) is 0 Å². The van der Waals surface area contributed by atoms with E-state index in [0.717, 1.165) is 17.9 Å². The monoisotopic (exact) mass is 376 g/mol. The van der Waals surface area contributed by atoms with Crippen LogP contribution in [-0.2, 0) is 17.9 Å². The van der Waals surface area contributed by atoms with E-state index in [-0.39, 0.29) is 11.9 Å². The fourth-order valence-electron chi connectivity index (χ4n) is 2.72. The molecule has 1 aromatic heterocycles. The Morgan fingerprint density at radius 2 is 2.08 bits per heavy atom. The van der Waals surface area contributed by atoms with Gasteiger partial charge in [-0.1, -0.05) is 19.1 Å². The lowest BCUT2D eigenvalue weighted by molar-refractivity contribution is -0.125. The summed E-state index contributed by atoms with van der Waals surface area (Å²) >= 11 is 1.67. The minimum absolute atomic E-state index is 0.0530. The lowest BCUT2D eigenvalue weighted by atomic mass is 10.1. The van der Waals surface area contributed by atoms with Gasteiger partial charge in [-0.25, -0.2) is 0 Å². The van der Waals surface area contributed by atoms with Crippen molar-refractivity contribution in [3.63, 3.8) is 0 Å². The van der Waals surface area contributed by atoms with Gasteiger partial charge in [0.15, 0.2) is 11.5 Å². The molecule has 0 aliphatic rings. The SMILES string of the molecule is CCNC(=O)[C@H](C)N(CC)Cc1ccc(OCc2cccs2)c(OC)c1. The van der Waals surface area contributed by atoms with Crippen LogP contribution in [0.3, 0.4) is 0 Å². The Labute approximate surface area is 159 Å². The van der Waals surface area contributed by atoms with Crippen molar-refractivity contribution in [3.8, 4) is 11.5 Å². The van der Waals surface area contributed by atoms with Crippen molar-refractivity contribution in [3.05, 3.63) is 46.2 Å². The molecular weight excluding hydrogens is 348 g/mol. The molecule has 0 aliphatic carbocycles. The highest BCUT2D eigenvalue weighted by molar-refractivity contribution is 7.09. The smallest absolute Gasteiger partial charge is 0.237 e. The number of nitrogens with one attached hydrogen (secondary N) is 1. The summed E-state index contributed by atoms with van der Waals surface area (Å²) in [5.41, 5.74) is 1.09. The van der Waals surface area contributed by atoms with E-state index in [9.17, 15) is 4.79 Å². The number of rotatable bonds is 10. The first kappa shape index (κ1) is 20.3. The summed E-state index contributed by atoms with van der Waals surface area (Å²) in [6.45, 7) is 8.57. The second-order valence-corrected chi connectivity index (χ2v) is 7.02. The van der Waals surface area contributed by atoms with Crippen molar-refractivity contribution >= 4 is 17.2 Å². The highest BCUT2D eigenvalue weighted by Gasteiger charge is 2.20. The Bertz CT molecular complexity index is 688. The summed E-state index contributed by atoms with van der Waals surface area (Å²) in [6, 6.07) is 9.83. The van der Waals surface area contributed by atoms with Gasteiger partial charge in [-0.05, 0) is 49.5 Å². The number of ether oxygens (including phenoxy) is 2. The van der Waals surface area contributed by atoms with Gasteiger partial charge in [0.2, 0.25) is 5.91 Å². The zero-order valence-electron chi connectivity index (χ0n) is 16.0. The van der Waals surface area contributed by atoms with Crippen molar-refractivity contribution in [2.45, 2.75) is 40.0 Å². The van der Waals surface area contributed by atoms with Gasteiger partial charge in [0.05, 0.1) is 13.2 Å². The molecule has 0 aliphatic heterocycles. The molecule has 0 fully saturated rings. The summed E-state index contributed by atoms with van der Waals surface area (Å²) in [5, 5.41) is 4.92. The third-order valence-electron chi connectivity index (χ3n) is 4.25. The number of carbonyl (C=O) groups excluding carboxylic acids is 1. The minimum atomic E-state index is -0.180. The van der Waals surface area contributed by atoms with Crippen LogP contribution in [-0.4, -0.2) is 37.0 Å². The van der Waals surface area contributed by atoms with Crippen molar-refractivity contribution in [2.24, 2.45) is 0 Å². The number of nitrogens with zero attached hydrogens (tertiary/aromatic N) is 1. The topological polar surface area (TPSA) is 50.8 Å². The fourth-order valence-corrected chi connectivity index (χ4v) is 3.33. The second kappa shape index (κ2) is 10.2. The number of hydrogen-bond donors (Lipinski definition) is 1. The van der Waals surface area contributed by atoms with Crippen LogP contribution in [0.2, 0.25) is 0 Å². The Morgan fingerprint density at radius 3 is 2.69 bits per heavy atom. The van der Waals surface area contributed by atoms with E-state index in [2.05, 4.69) is 17.1 Å². The van der Waals surface area contributed by atoms with Crippen molar-refractivity contribution in [1.29, 1.82) is 0 Å². The van der Waals surface area contributed by atoms with E-state index in [1.807, 2.05) is 49.6 Å². The molecule has 0 spiro atoms. The number of benzene rings is 1. The molecule has 1 N–H and O–H groups in total. The van der Waals surface area contributed by atoms with E-state index in [1.54, 1.807) is 18.4 Å². The lowest BCUT2D eigenvalue weighted by Crippen LogP contribution is -2.44. The summed E-state index contributed by atoms with van der Waals surface area (Å²) in [6.07, 6.45) is 0. The third-order valence-corrected chi connectivity index (χ3v) is 5.10. The van der Waals surface area contributed by atoms with Crippen LogP contribution in [0.1, 0.15) is 31.2 Å². The average Bonchev–Trinajstić information content (AvgIpc) is 3.18. The largest absolute Gasteiger partial charge is 0.493 e. The van der Waals surface area contributed by atoms with Crippen LogP contribution in [0.25, 0.3) is 0 Å². The normalized spacial score (nSPS) is 12.0. The van der Waals surface area contributed by atoms with Gasteiger partial charge >= 0.3 is 0 Å². The number of carbonyl (C=O) groups is 1. The standard InChI is InChI=1S/C20H28N2O3S/c1-5-21-20(23)15(3)22(6-2)13-16-9-10-18(19(12-16)24-4)25-14-17-8-7-11-26-17/h7-12,15H,5-6,13-14H2,1-4H3,(H,21,23)/t15-/m0/s1. The lowest BCUT2D eigenvalue weighted by Gasteiger charge is -2.27. The molecule has 0 radical (unpaired) electrons. The highest BCUT2D eigenvalue weighted by atomic mass is 32.1. The number of thiophene rings is 1. The maximum Gasteiger partial charge on any atom is 0.237 e. The second-order valence-electron chi connectivity index (χ2n) is 5.99.